The van der Waals surface area contributed by atoms with Gasteiger partial charge in [0.25, 0.3) is 0 Å². The van der Waals surface area contributed by atoms with E-state index >= 15 is 0 Å². The van der Waals surface area contributed by atoms with Gasteiger partial charge in [0, 0.05) is 23.1 Å². The minimum Gasteiger partial charge on any atom is -0.371 e. The summed E-state index contributed by atoms with van der Waals surface area (Å²) < 4.78 is 26.5. The van der Waals surface area contributed by atoms with Crippen LogP contribution in [0.4, 0.5) is 0 Å². The van der Waals surface area contributed by atoms with E-state index in [2.05, 4.69) is 14.4 Å². The third kappa shape index (κ3) is 2.78. The Kier molecular flexibility index (Phi) is 3.39. The smallest absolute Gasteiger partial charge is 0.371 e. The van der Waals surface area contributed by atoms with Crippen LogP contribution in [0.3, 0.4) is 0 Å². The molecule has 7 heteroatoms. The Morgan fingerprint density at radius 3 is 2.70 bits per heavy atom. The van der Waals surface area contributed by atoms with Crippen LogP contribution in [-0.4, -0.2) is 18.6 Å². The van der Waals surface area contributed by atoms with Crippen LogP contribution in [-0.2, 0) is 10.3 Å². The summed E-state index contributed by atoms with van der Waals surface area (Å²) in [6.07, 6.45) is 6.14. The van der Waals surface area contributed by atoms with Gasteiger partial charge in [-0.2, -0.15) is 18.7 Å². The maximum Gasteiger partial charge on any atom is 0.380 e. The number of aromatic amines is 1. The highest BCUT2D eigenvalue weighted by Crippen LogP contribution is 2.35. The Bertz CT molecular complexity index is 718. The Balaban J connectivity index is 1.93. The van der Waals surface area contributed by atoms with Crippen LogP contribution in [0.2, 0.25) is 0 Å². The van der Waals surface area contributed by atoms with Crippen molar-refractivity contribution < 1.29 is 12.6 Å². The summed E-state index contributed by atoms with van der Waals surface area (Å²) in [5.74, 6) is 0.695. The van der Waals surface area contributed by atoms with E-state index in [0.717, 1.165) is 11.1 Å². The monoisotopic (exact) mass is 295 g/mol. The lowest BCUT2D eigenvalue weighted by Gasteiger charge is -2.20. The van der Waals surface area contributed by atoms with E-state index in [-0.39, 0.29) is 5.75 Å². The highest BCUT2D eigenvalue weighted by Gasteiger charge is 2.20. The van der Waals surface area contributed by atoms with Crippen LogP contribution in [0.5, 0.6) is 5.75 Å². The SMILES string of the molecule is NS(=O)(=O)Oc1ccc2c(C3CCCCC3)[nH]nc2c1. The number of hydrogen-bond donors (Lipinski definition) is 2. The van der Waals surface area contributed by atoms with Crippen LogP contribution in [0.1, 0.15) is 43.7 Å². The van der Waals surface area contributed by atoms with Crippen molar-refractivity contribution in [2.45, 2.75) is 38.0 Å². The molecule has 0 aliphatic heterocycles. The average Bonchev–Trinajstić information content (AvgIpc) is 2.81. The quantitative estimate of drug-likeness (QED) is 0.906. The highest BCUT2D eigenvalue weighted by molar-refractivity contribution is 7.84. The van der Waals surface area contributed by atoms with Crippen LogP contribution < -0.4 is 9.32 Å². The lowest BCUT2D eigenvalue weighted by atomic mass is 9.86. The highest BCUT2D eigenvalue weighted by atomic mass is 32.2. The van der Waals surface area contributed by atoms with E-state index in [1.165, 1.54) is 32.1 Å². The van der Waals surface area contributed by atoms with E-state index in [1.54, 1.807) is 12.1 Å². The minimum absolute atomic E-state index is 0.182. The van der Waals surface area contributed by atoms with Crippen LogP contribution in [0, 0.1) is 0 Å². The molecule has 20 heavy (non-hydrogen) atoms. The second kappa shape index (κ2) is 5.06. The van der Waals surface area contributed by atoms with Gasteiger partial charge in [-0.1, -0.05) is 19.3 Å². The van der Waals surface area contributed by atoms with Crippen LogP contribution in [0.15, 0.2) is 18.2 Å². The van der Waals surface area contributed by atoms with Gasteiger partial charge in [-0.25, -0.2) is 0 Å². The summed E-state index contributed by atoms with van der Waals surface area (Å²) in [5.41, 5.74) is 1.84. The molecule has 1 fully saturated rings. The van der Waals surface area contributed by atoms with Crippen molar-refractivity contribution in [1.29, 1.82) is 0 Å². The maximum absolute atomic E-state index is 10.9. The second-order valence-corrected chi connectivity index (χ2v) is 6.38. The Labute approximate surface area is 117 Å². The third-order valence-electron chi connectivity index (χ3n) is 3.78. The Hall–Kier alpha value is -1.60. The van der Waals surface area contributed by atoms with Gasteiger partial charge in [-0.15, -0.1) is 0 Å². The molecule has 1 aliphatic carbocycles. The largest absolute Gasteiger partial charge is 0.380 e. The minimum atomic E-state index is -4.00. The molecule has 0 bridgehead atoms. The first-order chi connectivity index (χ1) is 9.53. The zero-order valence-electron chi connectivity index (χ0n) is 11.0. The zero-order chi connectivity index (χ0) is 14.2. The first-order valence-corrected chi connectivity index (χ1v) is 8.20. The molecule has 1 heterocycles. The van der Waals surface area contributed by atoms with Crippen molar-refractivity contribution in [3.63, 3.8) is 0 Å². The van der Waals surface area contributed by atoms with E-state index in [0.29, 0.717) is 11.4 Å². The van der Waals surface area contributed by atoms with Gasteiger partial charge in [-0.3, -0.25) is 5.10 Å². The molecule has 1 aromatic carbocycles. The molecule has 6 nitrogen and oxygen atoms in total. The number of nitrogens with two attached hydrogens (primary N) is 1. The molecule has 3 rings (SSSR count). The summed E-state index contributed by atoms with van der Waals surface area (Å²) in [4.78, 5) is 0. The van der Waals surface area contributed by atoms with Crippen molar-refractivity contribution in [1.82, 2.24) is 10.2 Å². The molecule has 3 N–H and O–H groups in total. The fourth-order valence-electron chi connectivity index (χ4n) is 2.90. The first-order valence-electron chi connectivity index (χ1n) is 6.73. The molecule has 1 saturated carbocycles. The van der Waals surface area contributed by atoms with E-state index in [1.807, 2.05) is 6.07 Å². The fourth-order valence-corrected chi connectivity index (χ4v) is 3.27. The maximum atomic E-state index is 10.9. The van der Waals surface area contributed by atoms with Crippen molar-refractivity contribution in [2.24, 2.45) is 5.14 Å². The summed E-state index contributed by atoms with van der Waals surface area (Å²) in [7, 11) is -4.00. The number of nitrogens with zero attached hydrogens (tertiary/aromatic N) is 1. The molecule has 0 unspecified atom stereocenters. The molecule has 108 valence electrons. The van der Waals surface area contributed by atoms with Crippen molar-refractivity contribution in [2.75, 3.05) is 0 Å². The number of rotatable bonds is 3. The van der Waals surface area contributed by atoms with E-state index < -0.39 is 10.3 Å². The van der Waals surface area contributed by atoms with Crippen molar-refractivity contribution in [3.8, 4) is 5.75 Å². The number of nitrogens with one attached hydrogen (secondary N) is 1. The number of fused-ring (bicyclic) bond motifs is 1. The number of H-pyrrole nitrogens is 1. The van der Waals surface area contributed by atoms with Gasteiger partial charge in [0.05, 0.1) is 5.52 Å². The molecule has 0 radical (unpaired) electrons. The molecular formula is C13H17N3O3S. The van der Waals surface area contributed by atoms with Gasteiger partial charge in [-0.05, 0) is 25.0 Å². The topological polar surface area (TPSA) is 98.1 Å². The molecule has 0 saturated heterocycles. The molecule has 0 spiro atoms. The van der Waals surface area contributed by atoms with Gasteiger partial charge in [0.2, 0.25) is 0 Å². The third-order valence-corrected chi connectivity index (χ3v) is 4.21. The molecule has 1 aliphatic rings. The molecule has 0 atom stereocenters. The number of benzene rings is 1. The van der Waals surface area contributed by atoms with Gasteiger partial charge in [0.15, 0.2) is 0 Å². The fraction of sp³-hybridized carbons (Fsp3) is 0.462. The van der Waals surface area contributed by atoms with Gasteiger partial charge < -0.3 is 4.18 Å². The van der Waals surface area contributed by atoms with Gasteiger partial charge in [0.1, 0.15) is 5.75 Å². The molecule has 1 aromatic heterocycles. The summed E-state index contributed by atoms with van der Waals surface area (Å²) in [6.45, 7) is 0. The predicted molar refractivity (Wildman–Crippen MR) is 75.7 cm³/mol. The van der Waals surface area contributed by atoms with E-state index in [9.17, 15) is 8.42 Å². The predicted octanol–water partition coefficient (Wildman–Crippen LogP) is 2.19. The number of hydrogen-bond acceptors (Lipinski definition) is 4. The summed E-state index contributed by atoms with van der Waals surface area (Å²) in [6, 6.07) is 5.03. The lowest BCUT2D eigenvalue weighted by Crippen LogP contribution is -2.18. The van der Waals surface area contributed by atoms with Crippen LogP contribution >= 0.6 is 0 Å². The summed E-state index contributed by atoms with van der Waals surface area (Å²) in [5, 5.41) is 13.2. The second-order valence-electron chi connectivity index (χ2n) is 5.23. The normalized spacial score (nSPS) is 17.4. The molecule has 0 amide bonds. The lowest BCUT2D eigenvalue weighted by molar-refractivity contribution is 0.438. The molecular weight excluding hydrogens is 278 g/mol. The zero-order valence-corrected chi connectivity index (χ0v) is 11.8. The van der Waals surface area contributed by atoms with Crippen LogP contribution in [0.25, 0.3) is 10.9 Å². The van der Waals surface area contributed by atoms with Crippen molar-refractivity contribution in [3.05, 3.63) is 23.9 Å². The average molecular weight is 295 g/mol. The van der Waals surface area contributed by atoms with E-state index in [4.69, 9.17) is 5.14 Å². The molecule has 2 aromatic rings. The summed E-state index contributed by atoms with van der Waals surface area (Å²) >= 11 is 0. The standard InChI is InChI=1S/C13H17N3O3S/c14-20(17,18)19-10-6-7-11-12(8-10)15-16-13(11)9-4-2-1-3-5-9/h6-9H,1-5H2,(H,15,16)(H2,14,17,18). The van der Waals surface area contributed by atoms with Gasteiger partial charge >= 0.3 is 10.3 Å². The first kappa shape index (κ1) is 13.4. The van der Waals surface area contributed by atoms with Crippen molar-refractivity contribution >= 4 is 21.2 Å². The Morgan fingerprint density at radius 2 is 2.00 bits per heavy atom. The number of aromatic nitrogens is 2. The Morgan fingerprint density at radius 1 is 1.25 bits per heavy atom.